The second-order valence-corrected chi connectivity index (χ2v) is 8.12. The van der Waals surface area contributed by atoms with Gasteiger partial charge in [-0.05, 0) is 54.7 Å². The van der Waals surface area contributed by atoms with Gasteiger partial charge in [0.2, 0.25) is 0 Å². The topological polar surface area (TPSA) is 137 Å². The van der Waals surface area contributed by atoms with Crippen molar-refractivity contribution in [1.82, 2.24) is 0 Å². The van der Waals surface area contributed by atoms with Gasteiger partial charge in [0, 0.05) is 12.8 Å². The number of aliphatic hydroxyl groups excluding tert-OH is 3. The second-order valence-electron chi connectivity index (χ2n) is 8.12. The van der Waals surface area contributed by atoms with Gasteiger partial charge in [-0.15, -0.1) is 0 Å². The largest absolute Gasteiger partial charge is 0.508 e. The first-order chi connectivity index (χ1) is 15.3. The van der Waals surface area contributed by atoms with Gasteiger partial charge in [-0.1, -0.05) is 24.3 Å². The van der Waals surface area contributed by atoms with Crippen molar-refractivity contribution in [2.45, 2.75) is 62.8 Å². The molecule has 1 aliphatic heterocycles. The third-order valence-corrected chi connectivity index (χ3v) is 5.56. The van der Waals surface area contributed by atoms with Gasteiger partial charge in [0.15, 0.2) is 6.29 Å². The molecule has 0 radical (unpaired) electrons. The lowest BCUT2D eigenvalue weighted by Gasteiger charge is -2.36. The molecule has 0 spiro atoms. The maximum Gasteiger partial charge on any atom is 0.186 e. The number of aliphatic hydroxyl groups is 3. The van der Waals surface area contributed by atoms with Crippen LogP contribution in [-0.4, -0.2) is 68.6 Å². The number of aryl methyl sites for hydroxylation is 2. The van der Waals surface area contributed by atoms with Crippen LogP contribution in [0.25, 0.3) is 0 Å². The van der Waals surface area contributed by atoms with Crippen molar-refractivity contribution in [2.75, 3.05) is 6.61 Å². The summed E-state index contributed by atoms with van der Waals surface area (Å²) in [6.07, 6.45) is -3.80. The normalized spacial score (nSPS) is 24.2. The van der Waals surface area contributed by atoms with Gasteiger partial charge in [-0.3, -0.25) is 4.79 Å². The minimum Gasteiger partial charge on any atom is -0.508 e. The molecule has 5 N–H and O–H groups in total. The van der Waals surface area contributed by atoms with Gasteiger partial charge in [0.25, 0.3) is 0 Å². The monoisotopic (exact) mass is 446 g/mol. The number of carbonyl (C=O) groups excluding carboxylic acids is 1. The number of phenolic OH excluding ortho intramolecular Hbond substituents is 2. The molecule has 0 aliphatic carbocycles. The van der Waals surface area contributed by atoms with Crippen molar-refractivity contribution in [3.8, 4) is 11.5 Å². The van der Waals surface area contributed by atoms with Crippen LogP contribution in [0.5, 0.6) is 11.5 Å². The second kappa shape index (κ2) is 11.4. The van der Waals surface area contributed by atoms with Crippen molar-refractivity contribution < 1.29 is 39.8 Å². The number of phenols is 2. The highest BCUT2D eigenvalue weighted by Gasteiger charge is 2.39. The number of hydrogen-bond acceptors (Lipinski definition) is 8. The van der Waals surface area contributed by atoms with Gasteiger partial charge in [-0.2, -0.15) is 0 Å². The number of hydrogen-bond donors (Lipinski definition) is 5. The third-order valence-electron chi connectivity index (χ3n) is 5.56. The Kier molecular flexibility index (Phi) is 8.60. The molecule has 8 heteroatoms. The molecule has 1 aliphatic rings. The fourth-order valence-electron chi connectivity index (χ4n) is 3.60. The molecule has 5 atom stereocenters. The van der Waals surface area contributed by atoms with Crippen LogP contribution in [0.1, 0.15) is 30.4 Å². The summed E-state index contributed by atoms with van der Waals surface area (Å²) < 4.78 is 11.2. The lowest BCUT2D eigenvalue weighted by molar-refractivity contribution is -0.282. The Balaban J connectivity index is 1.60. The molecule has 3 rings (SSSR count). The van der Waals surface area contributed by atoms with E-state index in [2.05, 4.69) is 0 Å². The molecular weight excluding hydrogens is 416 g/mol. The number of benzene rings is 2. The Morgan fingerprint density at radius 3 is 2.06 bits per heavy atom. The van der Waals surface area contributed by atoms with Crippen LogP contribution in [0.2, 0.25) is 0 Å². The van der Waals surface area contributed by atoms with Crippen LogP contribution in [-0.2, 0) is 27.1 Å². The lowest BCUT2D eigenvalue weighted by atomic mass is 9.99. The third kappa shape index (κ3) is 7.01. The van der Waals surface area contributed by atoms with E-state index in [-0.39, 0.29) is 30.3 Å². The zero-order valence-corrected chi connectivity index (χ0v) is 17.7. The summed E-state index contributed by atoms with van der Waals surface area (Å²) in [5.41, 5.74) is 1.88. The molecule has 0 saturated carbocycles. The molecule has 2 aromatic rings. The van der Waals surface area contributed by atoms with Crippen LogP contribution in [0.3, 0.4) is 0 Å². The Bertz CT molecular complexity index is 851. The van der Waals surface area contributed by atoms with E-state index in [4.69, 9.17) is 9.47 Å². The Morgan fingerprint density at radius 2 is 1.47 bits per heavy atom. The summed E-state index contributed by atoms with van der Waals surface area (Å²) in [4.78, 5) is 12.6. The van der Waals surface area contributed by atoms with Crippen LogP contribution in [0.4, 0.5) is 0 Å². The van der Waals surface area contributed by atoms with E-state index in [0.717, 1.165) is 11.1 Å². The molecule has 2 aromatic carbocycles. The predicted octanol–water partition coefficient (Wildman–Crippen LogP) is 1.45. The SMILES string of the molecule is O=C(CCc1ccc(O)cc1)C[C@H](CCc1ccc(O)cc1)O[C@@H]1OC[C@H](O)[C@@H](O)[C@H]1O. The molecule has 0 amide bonds. The first-order valence-corrected chi connectivity index (χ1v) is 10.7. The Hall–Kier alpha value is -2.49. The van der Waals surface area contributed by atoms with Crippen molar-refractivity contribution in [1.29, 1.82) is 0 Å². The van der Waals surface area contributed by atoms with E-state index in [1.54, 1.807) is 48.5 Å². The van der Waals surface area contributed by atoms with E-state index in [0.29, 0.717) is 25.7 Å². The number of ketones is 1. The van der Waals surface area contributed by atoms with Gasteiger partial charge in [0.05, 0.1) is 12.7 Å². The molecule has 32 heavy (non-hydrogen) atoms. The van der Waals surface area contributed by atoms with Crippen LogP contribution in [0.15, 0.2) is 48.5 Å². The number of carbonyl (C=O) groups is 1. The summed E-state index contributed by atoms with van der Waals surface area (Å²) in [5.74, 6) is 0.304. The molecule has 8 nitrogen and oxygen atoms in total. The first-order valence-electron chi connectivity index (χ1n) is 10.7. The number of Topliss-reactive ketones (excluding diaryl/α,β-unsaturated/α-hetero) is 1. The summed E-state index contributed by atoms with van der Waals surface area (Å²) in [6.45, 7) is -0.178. The van der Waals surface area contributed by atoms with E-state index >= 15 is 0 Å². The van der Waals surface area contributed by atoms with E-state index < -0.39 is 30.7 Å². The minimum atomic E-state index is -1.43. The first kappa shape index (κ1) is 24.2. The molecule has 0 unspecified atom stereocenters. The molecule has 0 bridgehead atoms. The van der Waals surface area contributed by atoms with Crippen molar-refractivity contribution in [3.05, 3.63) is 59.7 Å². The zero-order valence-electron chi connectivity index (χ0n) is 17.7. The fourth-order valence-corrected chi connectivity index (χ4v) is 3.60. The fraction of sp³-hybridized carbons (Fsp3) is 0.458. The summed E-state index contributed by atoms with van der Waals surface area (Å²) in [5, 5.41) is 48.5. The lowest BCUT2D eigenvalue weighted by Crippen LogP contribution is -2.54. The van der Waals surface area contributed by atoms with E-state index in [9.17, 15) is 30.3 Å². The van der Waals surface area contributed by atoms with Crippen molar-refractivity contribution in [3.63, 3.8) is 0 Å². The Labute approximate surface area is 186 Å². The van der Waals surface area contributed by atoms with E-state index in [1.807, 2.05) is 0 Å². The number of aromatic hydroxyl groups is 2. The average molecular weight is 446 g/mol. The molecule has 0 aromatic heterocycles. The molecule has 1 heterocycles. The highest BCUT2D eigenvalue weighted by Crippen LogP contribution is 2.22. The number of ether oxygens (including phenoxy) is 2. The van der Waals surface area contributed by atoms with Gasteiger partial charge in [0.1, 0.15) is 35.6 Å². The minimum absolute atomic E-state index is 0.0281. The molecular formula is C24H30O8. The van der Waals surface area contributed by atoms with Crippen molar-refractivity contribution in [2.24, 2.45) is 0 Å². The van der Waals surface area contributed by atoms with Crippen LogP contribution < -0.4 is 0 Å². The molecule has 1 fully saturated rings. The number of rotatable bonds is 10. The summed E-state index contributed by atoms with van der Waals surface area (Å²) in [6, 6.07) is 13.4. The average Bonchev–Trinajstić information content (AvgIpc) is 2.78. The highest BCUT2D eigenvalue weighted by molar-refractivity contribution is 5.79. The Morgan fingerprint density at radius 1 is 0.906 bits per heavy atom. The maximum absolute atomic E-state index is 12.6. The van der Waals surface area contributed by atoms with Crippen LogP contribution >= 0.6 is 0 Å². The predicted molar refractivity (Wildman–Crippen MR) is 115 cm³/mol. The highest BCUT2D eigenvalue weighted by atomic mass is 16.7. The molecule has 174 valence electrons. The maximum atomic E-state index is 12.6. The summed E-state index contributed by atoms with van der Waals surface area (Å²) >= 11 is 0. The smallest absolute Gasteiger partial charge is 0.186 e. The zero-order chi connectivity index (χ0) is 23.1. The van der Waals surface area contributed by atoms with Crippen molar-refractivity contribution >= 4 is 5.78 Å². The van der Waals surface area contributed by atoms with Gasteiger partial charge in [-0.25, -0.2) is 0 Å². The van der Waals surface area contributed by atoms with Gasteiger partial charge < -0.3 is 35.0 Å². The van der Waals surface area contributed by atoms with Gasteiger partial charge >= 0.3 is 0 Å². The molecule has 1 saturated heterocycles. The quantitative estimate of drug-likeness (QED) is 0.370. The summed E-state index contributed by atoms with van der Waals surface area (Å²) in [7, 11) is 0. The van der Waals surface area contributed by atoms with Crippen LogP contribution in [0, 0.1) is 0 Å². The standard InChI is InChI=1S/C24H30O8/c25-17-7-1-15(2-8-17)5-11-19(27)13-20(12-6-16-3-9-18(26)10-4-16)32-24-23(30)22(29)21(28)14-31-24/h1-4,7-10,20-26,28-30H,5-6,11-14H2/t20-,21-,22+,23+,24-/m0/s1. The van der Waals surface area contributed by atoms with E-state index in [1.165, 1.54) is 0 Å².